The van der Waals surface area contributed by atoms with Crippen molar-refractivity contribution in [3.63, 3.8) is 0 Å². The SMILES string of the molecule is CCCSCCCOCC(OCCCSCCC)C(COCCOCCOCCNC)OCCCSCCC. The summed E-state index contributed by atoms with van der Waals surface area (Å²) in [6.45, 7) is 13.7. The summed E-state index contributed by atoms with van der Waals surface area (Å²) in [5.74, 6) is 7.04. The Morgan fingerprint density at radius 1 is 0.487 bits per heavy atom. The maximum Gasteiger partial charge on any atom is 0.109 e. The van der Waals surface area contributed by atoms with Crippen molar-refractivity contribution in [3.8, 4) is 0 Å². The molecule has 0 aliphatic heterocycles. The first-order valence-electron chi connectivity index (χ1n) is 15.2. The van der Waals surface area contributed by atoms with E-state index in [-0.39, 0.29) is 12.2 Å². The number of hydrogen-bond donors (Lipinski definition) is 1. The molecule has 10 heteroatoms. The largest absolute Gasteiger partial charge is 0.379 e. The van der Waals surface area contributed by atoms with Crippen molar-refractivity contribution in [1.29, 1.82) is 0 Å². The van der Waals surface area contributed by atoms with E-state index in [2.05, 4.69) is 26.1 Å². The molecule has 0 amide bonds. The fourth-order valence-electron chi connectivity index (χ4n) is 3.33. The second-order valence-electron chi connectivity index (χ2n) is 9.19. The number of ether oxygens (including phenoxy) is 6. The predicted octanol–water partition coefficient (Wildman–Crippen LogP) is 5.64. The second-order valence-corrected chi connectivity index (χ2v) is 12.9. The third-order valence-electron chi connectivity index (χ3n) is 5.37. The number of nitrogens with one attached hydrogen (secondary N) is 1. The van der Waals surface area contributed by atoms with Crippen molar-refractivity contribution in [2.75, 3.05) is 114 Å². The van der Waals surface area contributed by atoms with Crippen LogP contribution in [-0.4, -0.2) is 126 Å². The molecule has 2 unspecified atom stereocenters. The van der Waals surface area contributed by atoms with Crippen molar-refractivity contribution in [2.45, 2.75) is 71.5 Å². The summed E-state index contributed by atoms with van der Waals surface area (Å²) in [7, 11) is 1.92. The van der Waals surface area contributed by atoms with Crippen molar-refractivity contribution in [2.24, 2.45) is 0 Å². The van der Waals surface area contributed by atoms with Crippen LogP contribution in [0.15, 0.2) is 0 Å². The average molecular weight is 616 g/mol. The lowest BCUT2D eigenvalue weighted by Gasteiger charge is -2.28. The van der Waals surface area contributed by atoms with Crippen LogP contribution in [0.5, 0.6) is 0 Å². The molecule has 0 aliphatic rings. The smallest absolute Gasteiger partial charge is 0.109 e. The molecule has 2 atom stereocenters. The normalized spacial score (nSPS) is 13.2. The van der Waals surface area contributed by atoms with Gasteiger partial charge in [0.25, 0.3) is 0 Å². The molecule has 0 aliphatic carbocycles. The zero-order valence-electron chi connectivity index (χ0n) is 25.6. The van der Waals surface area contributed by atoms with E-state index in [1.807, 2.05) is 42.3 Å². The minimum absolute atomic E-state index is 0.130. The molecule has 0 spiro atoms. The van der Waals surface area contributed by atoms with E-state index in [1.54, 1.807) is 0 Å². The summed E-state index contributed by atoms with van der Waals surface area (Å²) in [4.78, 5) is 0. The van der Waals surface area contributed by atoms with Crippen LogP contribution in [0.3, 0.4) is 0 Å². The maximum atomic E-state index is 6.36. The van der Waals surface area contributed by atoms with Gasteiger partial charge in [0.1, 0.15) is 12.2 Å². The molecule has 0 saturated carbocycles. The second kappa shape index (κ2) is 35.0. The number of thioether (sulfide) groups is 3. The number of likely N-dealkylation sites (N-methyl/N-ethyl adjacent to an activating group) is 1. The summed E-state index contributed by atoms with van der Waals surface area (Å²) in [5.41, 5.74) is 0. The van der Waals surface area contributed by atoms with E-state index >= 15 is 0 Å². The fourth-order valence-corrected chi connectivity index (χ4v) is 5.78. The van der Waals surface area contributed by atoms with E-state index in [9.17, 15) is 0 Å². The first-order valence-corrected chi connectivity index (χ1v) is 18.7. The molecule has 1 N–H and O–H groups in total. The van der Waals surface area contributed by atoms with Crippen LogP contribution in [0.2, 0.25) is 0 Å². The lowest BCUT2D eigenvalue weighted by molar-refractivity contribution is -0.129. The highest BCUT2D eigenvalue weighted by molar-refractivity contribution is 7.99. The van der Waals surface area contributed by atoms with Crippen molar-refractivity contribution in [3.05, 3.63) is 0 Å². The molecule has 0 radical (unpaired) electrons. The van der Waals surface area contributed by atoms with Crippen LogP contribution < -0.4 is 5.32 Å². The molecule has 0 aromatic heterocycles. The van der Waals surface area contributed by atoms with Gasteiger partial charge in [0.15, 0.2) is 0 Å². The minimum atomic E-state index is -0.149. The molecule has 0 bridgehead atoms. The molecule has 0 heterocycles. The third kappa shape index (κ3) is 30.0. The van der Waals surface area contributed by atoms with Crippen LogP contribution in [0.1, 0.15) is 59.3 Å². The van der Waals surface area contributed by atoms with Crippen LogP contribution in [0, 0.1) is 0 Å². The van der Waals surface area contributed by atoms with E-state index in [4.69, 9.17) is 28.4 Å². The summed E-state index contributed by atoms with van der Waals surface area (Å²) >= 11 is 5.99. The first kappa shape index (κ1) is 39.8. The van der Waals surface area contributed by atoms with Gasteiger partial charge in [0.05, 0.1) is 46.2 Å². The zero-order chi connectivity index (χ0) is 28.5. The highest BCUT2D eigenvalue weighted by Gasteiger charge is 2.24. The van der Waals surface area contributed by atoms with E-state index < -0.39 is 0 Å². The summed E-state index contributed by atoms with van der Waals surface area (Å²) in [6, 6.07) is 0. The summed E-state index contributed by atoms with van der Waals surface area (Å²) in [5, 5.41) is 3.06. The fraction of sp³-hybridized carbons (Fsp3) is 1.00. The molecule has 0 saturated heterocycles. The Kier molecular flexibility index (Phi) is 35.7. The van der Waals surface area contributed by atoms with Gasteiger partial charge in [-0.3, -0.25) is 0 Å². The molecular formula is C29H61NO6S3. The molecule has 7 nitrogen and oxygen atoms in total. The average Bonchev–Trinajstić information content (AvgIpc) is 2.95. The zero-order valence-corrected chi connectivity index (χ0v) is 28.0. The highest BCUT2D eigenvalue weighted by atomic mass is 32.2. The maximum absolute atomic E-state index is 6.36. The Balaban J connectivity index is 4.64. The Morgan fingerprint density at radius 3 is 1.36 bits per heavy atom. The Hall–Kier alpha value is 0.770. The molecule has 39 heavy (non-hydrogen) atoms. The monoisotopic (exact) mass is 615 g/mol. The summed E-state index contributed by atoms with van der Waals surface area (Å²) in [6.07, 6.45) is 6.52. The Labute approximate surface area is 254 Å². The quantitative estimate of drug-likeness (QED) is 0.0920. The van der Waals surface area contributed by atoms with Gasteiger partial charge in [0, 0.05) is 26.4 Å². The number of rotatable bonds is 34. The Bertz CT molecular complexity index is 457. The summed E-state index contributed by atoms with van der Waals surface area (Å²) < 4.78 is 35.9. The Morgan fingerprint density at radius 2 is 0.897 bits per heavy atom. The predicted molar refractivity (Wildman–Crippen MR) is 173 cm³/mol. The third-order valence-corrected chi connectivity index (χ3v) is 9.19. The molecule has 0 aromatic carbocycles. The van der Waals surface area contributed by atoms with E-state index in [0.717, 1.165) is 56.3 Å². The van der Waals surface area contributed by atoms with Crippen LogP contribution in [0.4, 0.5) is 0 Å². The van der Waals surface area contributed by atoms with Gasteiger partial charge in [-0.2, -0.15) is 35.3 Å². The van der Waals surface area contributed by atoms with Crippen molar-refractivity contribution >= 4 is 35.3 Å². The van der Waals surface area contributed by atoms with Crippen LogP contribution in [-0.2, 0) is 28.4 Å². The molecule has 0 fully saturated rings. The van der Waals surface area contributed by atoms with Gasteiger partial charge in [0.2, 0.25) is 0 Å². The van der Waals surface area contributed by atoms with Crippen LogP contribution >= 0.6 is 35.3 Å². The van der Waals surface area contributed by atoms with E-state index in [1.165, 1.54) is 36.5 Å². The first-order chi connectivity index (χ1) is 19.3. The van der Waals surface area contributed by atoms with Gasteiger partial charge in [-0.05, 0) is 80.1 Å². The van der Waals surface area contributed by atoms with E-state index in [0.29, 0.717) is 52.9 Å². The minimum Gasteiger partial charge on any atom is -0.379 e. The molecule has 0 rings (SSSR count). The van der Waals surface area contributed by atoms with Crippen molar-refractivity contribution < 1.29 is 28.4 Å². The topological polar surface area (TPSA) is 67.4 Å². The van der Waals surface area contributed by atoms with Gasteiger partial charge >= 0.3 is 0 Å². The van der Waals surface area contributed by atoms with Gasteiger partial charge < -0.3 is 33.7 Å². The molecular weight excluding hydrogens is 555 g/mol. The lowest BCUT2D eigenvalue weighted by atomic mass is 10.2. The van der Waals surface area contributed by atoms with Crippen LogP contribution in [0.25, 0.3) is 0 Å². The number of hydrogen-bond acceptors (Lipinski definition) is 10. The van der Waals surface area contributed by atoms with Crippen molar-refractivity contribution in [1.82, 2.24) is 5.32 Å². The van der Waals surface area contributed by atoms with Gasteiger partial charge in [-0.15, -0.1) is 0 Å². The lowest BCUT2D eigenvalue weighted by Crippen LogP contribution is -2.40. The van der Waals surface area contributed by atoms with Gasteiger partial charge in [-0.1, -0.05) is 20.8 Å². The standard InChI is InChI=1S/C29H61NO6S3/c1-5-20-37-23-8-12-33-26-28(35-13-9-24-38-21-6-2)29(36-14-10-25-39-22-7-3)27-34-19-18-32-17-16-31-15-11-30-4/h28-30H,5-27H2,1-4H3. The molecule has 236 valence electrons. The highest BCUT2D eigenvalue weighted by Crippen LogP contribution is 2.12. The molecule has 0 aromatic rings. The van der Waals surface area contributed by atoms with Gasteiger partial charge in [-0.25, -0.2) is 0 Å².